The lowest BCUT2D eigenvalue weighted by atomic mass is 10.4. The molecule has 2 aromatic rings. The van der Waals surface area contributed by atoms with E-state index in [-0.39, 0.29) is 0 Å². The Morgan fingerprint density at radius 1 is 1.35 bits per heavy atom. The average molecular weight is 251 g/mol. The van der Waals surface area contributed by atoms with Crippen LogP contribution in [-0.2, 0) is 6.54 Å². The van der Waals surface area contributed by atoms with Gasteiger partial charge in [0, 0.05) is 18.3 Å². The molecule has 0 aliphatic carbocycles. The van der Waals surface area contributed by atoms with Gasteiger partial charge in [-0.25, -0.2) is 4.68 Å². The molecule has 0 saturated heterocycles. The molecule has 0 atom stereocenters. The minimum Gasteiger partial charge on any atom is -0.308 e. The molecule has 0 amide bonds. The van der Waals surface area contributed by atoms with Crippen LogP contribution in [0.5, 0.6) is 0 Å². The van der Waals surface area contributed by atoms with Crippen molar-refractivity contribution >= 4 is 11.3 Å². The fraction of sp³-hybridized carbons (Fsp3) is 0.545. The summed E-state index contributed by atoms with van der Waals surface area (Å²) in [6.45, 7) is 8.99. The molecule has 0 aliphatic rings. The second-order valence-corrected chi connectivity index (χ2v) is 5.39. The van der Waals surface area contributed by atoms with Crippen LogP contribution in [0, 0.1) is 13.8 Å². The third-order valence-electron chi connectivity index (χ3n) is 2.31. The molecule has 0 radical (unpaired) electrons. The number of aromatic nitrogens is 4. The summed E-state index contributed by atoms with van der Waals surface area (Å²) < 4.78 is 1.84. The van der Waals surface area contributed by atoms with Crippen molar-refractivity contribution < 1.29 is 0 Å². The van der Waals surface area contributed by atoms with E-state index in [1.54, 1.807) is 11.3 Å². The maximum atomic E-state index is 4.39. The van der Waals surface area contributed by atoms with Gasteiger partial charge < -0.3 is 5.32 Å². The van der Waals surface area contributed by atoms with E-state index in [1.165, 1.54) is 0 Å². The topological polar surface area (TPSA) is 55.6 Å². The van der Waals surface area contributed by atoms with Gasteiger partial charge in [-0.1, -0.05) is 25.2 Å². The molecule has 0 aliphatic heterocycles. The van der Waals surface area contributed by atoms with Crippen molar-refractivity contribution in [2.24, 2.45) is 0 Å². The normalized spacial score (nSPS) is 11.4. The molecule has 0 unspecified atom stereocenters. The van der Waals surface area contributed by atoms with Crippen LogP contribution in [0.2, 0.25) is 0 Å². The highest BCUT2D eigenvalue weighted by atomic mass is 32.1. The summed E-state index contributed by atoms with van der Waals surface area (Å²) in [5.41, 5.74) is 2.08. The van der Waals surface area contributed by atoms with Crippen LogP contribution in [0.15, 0.2) is 6.07 Å². The lowest BCUT2D eigenvalue weighted by Crippen LogP contribution is -2.21. The molecular formula is C11H17N5S. The Kier molecular flexibility index (Phi) is 3.54. The number of hydrogen-bond acceptors (Lipinski definition) is 5. The summed E-state index contributed by atoms with van der Waals surface area (Å²) in [4.78, 5) is 0. The average Bonchev–Trinajstić information content (AvgIpc) is 2.82. The van der Waals surface area contributed by atoms with Gasteiger partial charge in [0.2, 0.25) is 5.13 Å². The summed E-state index contributed by atoms with van der Waals surface area (Å²) in [5, 5.41) is 17.9. The first kappa shape index (κ1) is 12.2. The monoisotopic (exact) mass is 251 g/mol. The molecule has 92 valence electrons. The van der Waals surface area contributed by atoms with Gasteiger partial charge in [0.05, 0.1) is 5.69 Å². The highest BCUT2D eigenvalue weighted by Crippen LogP contribution is 2.16. The minimum absolute atomic E-state index is 0.455. The molecule has 2 heterocycles. The van der Waals surface area contributed by atoms with Gasteiger partial charge in [-0.05, 0) is 19.9 Å². The summed E-state index contributed by atoms with van der Waals surface area (Å²) in [6, 6.07) is 2.49. The van der Waals surface area contributed by atoms with E-state index in [0.29, 0.717) is 6.04 Å². The molecule has 0 spiro atoms. The Bertz CT molecular complexity index is 500. The second kappa shape index (κ2) is 4.93. The van der Waals surface area contributed by atoms with E-state index in [9.17, 15) is 0 Å². The largest absolute Gasteiger partial charge is 0.308 e. The Balaban J connectivity index is 2.15. The Morgan fingerprint density at radius 3 is 2.71 bits per heavy atom. The number of rotatable bonds is 4. The van der Waals surface area contributed by atoms with Crippen molar-refractivity contribution in [1.82, 2.24) is 25.3 Å². The van der Waals surface area contributed by atoms with Crippen molar-refractivity contribution in [3.05, 3.63) is 22.5 Å². The van der Waals surface area contributed by atoms with Gasteiger partial charge in [-0.3, -0.25) is 0 Å². The third kappa shape index (κ3) is 2.89. The smallest absolute Gasteiger partial charge is 0.233 e. The first-order chi connectivity index (χ1) is 8.06. The van der Waals surface area contributed by atoms with E-state index in [1.807, 2.05) is 24.6 Å². The zero-order valence-electron chi connectivity index (χ0n) is 10.6. The molecule has 2 aromatic heterocycles. The Morgan fingerprint density at radius 2 is 2.12 bits per heavy atom. The summed E-state index contributed by atoms with van der Waals surface area (Å²) in [5.74, 6) is 0. The second-order valence-electron chi connectivity index (χ2n) is 4.35. The summed E-state index contributed by atoms with van der Waals surface area (Å²) in [6.07, 6.45) is 0. The van der Waals surface area contributed by atoms with E-state index in [2.05, 4.69) is 34.5 Å². The van der Waals surface area contributed by atoms with Crippen molar-refractivity contribution in [3.8, 4) is 5.13 Å². The Hall–Kier alpha value is -1.27. The summed E-state index contributed by atoms with van der Waals surface area (Å²) >= 11 is 1.57. The lowest BCUT2D eigenvalue weighted by molar-refractivity contribution is 0.584. The standard InChI is InChI=1S/C11H17N5S/c1-7(2)12-6-10-13-14-11(17-10)16-9(4)5-8(3)15-16/h5,7,12H,6H2,1-4H3. The van der Waals surface area contributed by atoms with Crippen molar-refractivity contribution in [3.63, 3.8) is 0 Å². The van der Waals surface area contributed by atoms with E-state index in [4.69, 9.17) is 0 Å². The molecule has 0 fully saturated rings. The summed E-state index contributed by atoms with van der Waals surface area (Å²) in [7, 11) is 0. The molecule has 0 saturated carbocycles. The maximum absolute atomic E-state index is 4.39. The van der Waals surface area contributed by atoms with Gasteiger partial charge in [0.15, 0.2) is 0 Å². The molecular weight excluding hydrogens is 234 g/mol. The predicted molar refractivity (Wildman–Crippen MR) is 68.5 cm³/mol. The van der Waals surface area contributed by atoms with Crippen LogP contribution in [-0.4, -0.2) is 26.0 Å². The third-order valence-corrected chi connectivity index (χ3v) is 3.21. The number of nitrogens with zero attached hydrogens (tertiary/aromatic N) is 4. The van der Waals surface area contributed by atoms with E-state index < -0.39 is 0 Å². The fourth-order valence-corrected chi connectivity index (χ4v) is 2.32. The highest BCUT2D eigenvalue weighted by molar-refractivity contribution is 7.13. The first-order valence-electron chi connectivity index (χ1n) is 5.65. The van der Waals surface area contributed by atoms with E-state index in [0.717, 1.165) is 28.1 Å². The number of nitrogens with one attached hydrogen (secondary N) is 1. The maximum Gasteiger partial charge on any atom is 0.233 e. The van der Waals surface area contributed by atoms with Crippen LogP contribution in [0.3, 0.4) is 0 Å². The zero-order chi connectivity index (χ0) is 12.4. The van der Waals surface area contributed by atoms with Crippen molar-refractivity contribution in [2.75, 3.05) is 0 Å². The SMILES string of the molecule is Cc1cc(C)n(-c2nnc(CNC(C)C)s2)n1. The van der Waals surface area contributed by atoms with Gasteiger partial charge in [-0.2, -0.15) is 5.10 Å². The van der Waals surface area contributed by atoms with Crippen LogP contribution in [0.4, 0.5) is 0 Å². The zero-order valence-corrected chi connectivity index (χ0v) is 11.4. The first-order valence-corrected chi connectivity index (χ1v) is 6.47. The van der Waals surface area contributed by atoms with Crippen molar-refractivity contribution in [2.45, 2.75) is 40.3 Å². The number of hydrogen-bond donors (Lipinski definition) is 1. The molecule has 17 heavy (non-hydrogen) atoms. The van der Waals surface area contributed by atoms with Gasteiger partial charge in [0.25, 0.3) is 0 Å². The minimum atomic E-state index is 0.455. The van der Waals surface area contributed by atoms with Gasteiger partial charge in [0.1, 0.15) is 5.01 Å². The van der Waals surface area contributed by atoms with Gasteiger partial charge in [-0.15, -0.1) is 10.2 Å². The van der Waals surface area contributed by atoms with Crippen LogP contribution in [0.25, 0.3) is 5.13 Å². The van der Waals surface area contributed by atoms with Gasteiger partial charge >= 0.3 is 0 Å². The molecule has 5 nitrogen and oxygen atoms in total. The number of aryl methyl sites for hydroxylation is 2. The highest BCUT2D eigenvalue weighted by Gasteiger charge is 2.09. The predicted octanol–water partition coefficient (Wildman–Crippen LogP) is 1.84. The molecule has 0 bridgehead atoms. The molecule has 2 rings (SSSR count). The van der Waals surface area contributed by atoms with E-state index >= 15 is 0 Å². The molecule has 6 heteroatoms. The van der Waals surface area contributed by atoms with Crippen molar-refractivity contribution in [1.29, 1.82) is 0 Å². The van der Waals surface area contributed by atoms with Crippen LogP contribution in [0.1, 0.15) is 30.2 Å². The van der Waals surface area contributed by atoms with Crippen LogP contribution < -0.4 is 5.32 Å². The molecule has 0 aromatic carbocycles. The lowest BCUT2D eigenvalue weighted by Gasteiger charge is -2.03. The van der Waals surface area contributed by atoms with Crippen LogP contribution >= 0.6 is 11.3 Å². The quantitative estimate of drug-likeness (QED) is 0.901. The fourth-order valence-electron chi connectivity index (χ4n) is 1.52. The Labute approximate surface area is 105 Å². The molecule has 1 N–H and O–H groups in total.